The molecule has 0 amide bonds. The summed E-state index contributed by atoms with van der Waals surface area (Å²) >= 11 is 0. The van der Waals surface area contributed by atoms with Crippen LogP contribution < -0.4 is 0 Å². The second-order valence-corrected chi connectivity index (χ2v) is 3.23. The highest BCUT2D eigenvalue weighted by atomic mass is 19.4. The lowest BCUT2D eigenvalue weighted by atomic mass is 9.90. The number of hydrogen-bond donors (Lipinski definition) is 1. The van der Waals surface area contributed by atoms with Gasteiger partial charge in [-0.1, -0.05) is 0 Å². The third-order valence-electron chi connectivity index (χ3n) is 1.57. The van der Waals surface area contributed by atoms with Gasteiger partial charge in [-0.3, -0.25) is 9.53 Å². The summed E-state index contributed by atoms with van der Waals surface area (Å²) in [6, 6.07) is 0. The molecular weight excluding hydrogens is 189 g/mol. The SMILES string of the molecule is CC(C)(CCOC(F)(F)F)C(=O)O. The number of alkyl halides is 3. The van der Waals surface area contributed by atoms with Crippen LogP contribution in [0.15, 0.2) is 0 Å². The Bertz CT molecular complexity index is 186. The van der Waals surface area contributed by atoms with E-state index in [1.165, 1.54) is 13.8 Å². The fourth-order valence-electron chi connectivity index (χ4n) is 0.529. The molecule has 0 radical (unpaired) electrons. The molecule has 0 aliphatic heterocycles. The van der Waals surface area contributed by atoms with Gasteiger partial charge in [-0.15, -0.1) is 13.2 Å². The average Bonchev–Trinajstić information content (AvgIpc) is 1.82. The lowest BCUT2D eigenvalue weighted by Crippen LogP contribution is -2.27. The van der Waals surface area contributed by atoms with Crippen LogP contribution in [0, 0.1) is 5.41 Å². The number of rotatable bonds is 4. The predicted octanol–water partition coefficient (Wildman–Crippen LogP) is 2.02. The second kappa shape index (κ2) is 3.95. The van der Waals surface area contributed by atoms with Crippen LogP contribution in [0.3, 0.4) is 0 Å². The van der Waals surface area contributed by atoms with E-state index < -0.39 is 24.4 Å². The Morgan fingerprint density at radius 2 is 1.85 bits per heavy atom. The van der Waals surface area contributed by atoms with Gasteiger partial charge in [0.2, 0.25) is 0 Å². The molecule has 0 bridgehead atoms. The zero-order valence-corrected chi connectivity index (χ0v) is 7.31. The van der Waals surface area contributed by atoms with Crippen LogP contribution in [0.1, 0.15) is 20.3 Å². The molecule has 3 nitrogen and oxygen atoms in total. The molecule has 13 heavy (non-hydrogen) atoms. The zero-order valence-electron chi connectivity index (χ0n) is 7.31. The van der Waals surface area contributed by atoms with Crippen molar-refractivity contribution in [3.63, 3.8) is 0 Å². The number of carboxylic acids is 1. The van der Waals surface area contributed by atoms with E-state index in [2.05, 4.69) is 4.74 Å². The maximum atomic E-state index is 11.5. The first-order valence-electron chi connectivity index (χ1n) is 3.59. The van der Waals surface area contributed by atoms with Crippen molar-refractivity contribution in [2.24, 2.45) is 5.41 Å². The minimum atomic E-state index is -4.69. The van der Waals surface area contributed by atoms with Crippen LogP contribution in [0.2, 0.25) is 0 Å². The number of halogens is 3. The van der Waals surface area contributed by atoms with E-state index in [1.807, 2.05) is 0 Å². The van der Waals surface area contributed by atoms with E-state index in [9.17, 15) is 18.0 Å². The average molecular weight is 200 g/mol. The predicted molar refractivity (Wildman–Crippen MR) is 38.0 cm³/mol. The molecule has 0 saturated heterocycles. The summed E-state index contributed by atoms with van der Waals surface area (Å²) in [6.45, 7) is 2.05. The monoisotopic (exact) mass is 200 g/mol. The molecule has 0 heterocycles. The van der Waals surface area contributed by atoms with Gasteiger partial charge in [-0.2, -0.15) is 0 Å². The van der Waals surface area contributed by atoms with Crippen molar-refractivity contribution in [2.75, 3.05) is 6.61 Å². The highest BCUT2D eigenvalue weighted by molar-refractivity contribution is 5.73. The molecule has 0 saturated carbocycles. The lowest BCUT2D eigenvalue weighted by molar-refractivity contribution is -0.326. The zero-order chi connectivity index (χ0) is 10.7. The fraction of sp³-hybridized carbons (Fsp3) is 0.857. The van der Waals surface area contributed by atoms with Gasteiger partial charge in [0.1, 0.15) is 0 Å². The number of carboxylic acid groups (broad SMARTS) is 1. The third-order valence-corrected chi connectivity index (χ3v) is 1.57. The van der Waals surface area contributed by atoms with Crippen LogP contribution in [-0.4, -0.2) is 24.0 Å². The van der Waals surface area contributed by atoms with E-state index in [4.69, 9.17) is 5.11 Å². The number of aliphatic carboxylic acids is 1. The summed E-state index contributed by atoms with van der Waals surface area (Å²) in [4.78, 5) is 10.4. The van der Waals surface area contributed by atoms with Crippen molar-refractivity contribution in [3.05, 3.63) is 0 Å². The molecule has 6 heteroatoms. The van der Waals surface area contributed by atoms with E-state index >= 15 is 0 Å². The van der Waals surface area contributed by atoms with Gasteiger partial charge in [0.25, 0.3) is 0 Å². The van der Waals surface area contributed by atoms with Gasteiger partial charge < -0.3 is 5.11 Å². The molecule has 0 atom stereocenters. The Morgan fingerprint density at radius 3 is 2.15 bits per heavy atom. The Kier molecular flexibility index (Phi) is 3.71. The van der Waals surface area contributed by atoms with Gasteiger partial charge in [0.05, 0.1) is 12.0 Å². The molecule has 0 spiro atoms. The molecule has 0 aliphatic carbocycles. The summed E-state index contributed by atoms with van der Waals surface area (Å²) in [6.07, 6.45) is -4.86. The maximum Gasteiger partial charge on any atom is 0.522 e. The molecular formula is C7H11F3O3. The van der Waals surface area contributed by atoms with Crippen LogP contribution in [0.5, 0.6) is 0 Å². The fourth-order valence-corrected chi connectivity index (χ4v) is 0.529. The van der Waals surface area contributed by atoms with Crippen molar-refractivity contribution in [1.82, 2.24) is 0 Å². The van der Waals surface area contributed by atoms with Crippen molar-refractivity contribution >= 4 is 5.97 Å². The summed E-state index contributed by atoms with van der Waals surface area (Å²) in [5.74, 6) is -1.14. The molecule has 0 aromatic carbocycles. The number of hydrogen-bond acceptors (Lipinski definition) is 2. The first-order chi connectivity index (χ1) is 5.65. The van der Waals surface area contributed by atoms with Crippen molar-refractivity contribution in [2.45, 2.75) is 26.6 Å². The van der Waals surface area contributed by atoms with Crippen molar-refractivity contribution in [3.8, 4) is 0 Å². The summed E-state index contributed by atoms with van der Waals surface area (Å²) in [7, 11) is 0. The first-order valence-corrected chi connectivity index (χ1v) is 3.59. The van der Waals surface area contributed by atoms with E-state index in [-0.39, 0.29) is 6.42 Å². The highest BCUT2D eigenvalue weighted by Gasteiger charge is 2.32. The largest absolute Gasteiger partial charge is 0.522 e. The number of carbonyl (C=O) groups is 1. The van der Waals surface area contributed by atoms with E-state index in [0.29, 0.717) is 0 Å². The summed E-state index contributed by atoms with van der Waals surface area (Å²) in [5.41, 5.74) is -1.19. The van der Waals surface area contributed by atoms with Crippen molar-refractivity contribution in [1.29, 1.82) is 0 Å². The Balaban J connectivity index is 3.84. The van der Waals surface area contributed by atoms with Crippen LogP contribution in [0.25, 0.3) is 0 Å². The molecule has 1 N–H and O–H groups in total. The lowest BCUT2D eigenvalue weighted by Gasteiger charge is -2.18. The van der Waals surface area contributed by atoms with Gasteiger partial charge >= 0.3 is 12.3 Å². The standard InChI is InChI=1S/C7H11F3O3/c1-6(2,5(11)12)3-4-13-7(8,9)10/h3-4H2,1-2H3,(H,11,12). The topological polar surface area (TPSA) is 46.5 Å². The van der Waals surface area contributed by atoms with Gasteiger partial charge in [-0.25, -0.2) is 0 Å². The summed E-state index contributed by atoms with van der Waals surface area (Å²) < 4.78 is 37.8. The Labute approximate surface area is 73.5 Å². The minimum Gasteiger partial charge on any atom is -0.481 e. The molecule has 0 aromatic rings. The van der Waals surface area contributed by atoms with E-state index in [1.54, 1.807) is 0 Å². The van der Waals surface area contributed by atoms with Crippen LogP contribution in [0.4, 0.5) is 13.2 Å². The maximum absolute atomic E-state index is 11.5. The van der Waals surface area contributed by atoms with Gasteiger partial charge in [-0.05, 0) is 20.3 Å². The summed E-state index contributed by atoms with van der Waals surface area (Å²) in [5, 5.41) is 8.53. The number of ether oxygens (including phenoxy) is 1. The Morgan fingerprint density at radius 1 is 1.38 bits per heavy atom. The molecule has 0 rings (SSSR count). The molecule has 0 aliphatic rings. The van der Waals surface area contributed by atoms with Crippen LogP contribution in [-0.2, 0) is 9.53 Å². The Hall–Kier alpha value is -0.780. The normalized spacial score (nSPS) is 13.0. The second-order valence-electron chi connectivity index (χ2n) is 3.23. The van der Waals surface area contributed by atoms with Crippen molar-refractivity contribution < 1.29 is 27.8 Å². The van der Waals surface area contributed by atoms with E-state index in [0.717, 1.165) is 0 Å². The van der Waals surface area contributed by atoms with Gasteiger partial charge in [0.15, 0.2) is 0 Å². The van der Waals surface area contributed by atoms with Crippen LogP contribution >= 0.6 is 0 Å². The highest BCUT2D eigenvalue weighted by Crippen LogP contribution is 2.23. The molecule has 0 aromatic heterocycles. The van der Waals surface area contributed by atoms with Gasteiger partial charge in [0, 0.05) is 0 Å². The molecule has 0 unspecified atom stereocenters. The minimum absolute atomic E-state index is 0.179. The smallest absolute Gasteiger partial charge is 0.481 e. The third kappa shape index (κ3) is 5.46. The first kappa shape index (κ1) is 12.2. The quantitative estimate of drug-likeness (QED) is 0.755. The molecule has 78 valence electrons. The molecule has 0 fully saturated rings.